The van der Waals surface area contributed by atoms with E-state index >= 15 is 0 Å². The Kier molecular flexibility index (Phi) is 6.56. The van der Waals surface area contributed by atoms with Crippen molar-refractivity contribution < 1.29 is 0 Å². The van der Waals surface area contributed by atoms with Gasteiger partial charge in [0.1, 0.15) is 6.07 Å². The zero-order valence-corrected chi connectivity index (χ0v) is 26.7. The average molecular weight is 636 g/mol. The number of para-hydroxylation sites is 3. The maximum absolute atomic E-state index is 10.5. The van der Waals surface area contributed by atoms with Crippen LogP contribution in [-0.4, -0.2) is 9.13 Å². The van der Waals surface area contributed by atoms with Gasteiger partial charge in [0, 0.05) is 27.1 Å². The topological polar surface area (TPSA) is 81.2 Å². The Bertz CT molecular complexity index is 2970. The highest BCUT2D eigenvalue weighted by Crippen LogP contribution is 2.39. The standard InChI is InChI=1S/C45H25N5/c46-26-29-16-19-44-38(22-29)36-11-2-5-14-42(36)49(44)40-21-18-32(25-34(40)28-48)31-8-7-9-33(24-31)35-10-1-4-13-41(35)50-43-15-6-3-12-37(43)39-23-30(27-47)17-20-45(39)50/h1-25H. The molecule has 0 aliphatic rings. The number of fused-ring (bicyclic) bond motifs is 6. The van der Waals surface area contributed by atoms with Gasteiger partial charge < -0.3 is 9.13 Å². The van der Waals surface area contributed by atoms with Crippen LogP contribution in [0.25, 0.3) is 77.2 Å². The lowest BCUT2D eigenvalue weighted by atomic mass is 9.96. The molecule has 5 nitrogen and oxygen atoms in total. The number of aromatic nitrogens is 2. The Morgan fingerprint density at radius 2 is 0.900 bits per heavy atom. The van der Waals surface area contributed by atoms with Crippen molar-refractivity contribution >= 4 is 43.6 Å². The molecule has 0 aliphatic heterocycles. The van der Waals surface area contributed by atoms with E-state index in [0.29, 0.717) is 16.7 Å². The van der Waals surface area contributed by atoms with Crippen molar-refractivity contribution in [3.63, 3.8) is 0 Å². The summed E-state index contributed by atoms with van der Waals surface area (Å²) in [6, 6.07) is 57.9. The molecular formula is C45H25N5. The quantitative estimate of drug-likeness (QED) is 0.193. The number of nitriles is 3. The second-order valence-corrected chi connectivity index (χ2v) is 12.3. The van der Waals surface area contributed by atoms with Gasteiger partial charge in [0.2, 0.25) is 0 Å². The van der Waals surface area contributed by atoms with Crippen LogP contribution >= 0.6 is 0 Å². The minimum atomic E-state index is 0.558. The third-order valence-electron chi connectivity index (χ3n) is 9.61. The van der Waals surface area contributed by atoms with Crippen molar-refractivity contribution in [3.05, 3.63) is 168 Å². The van der Waals surface area contributed by atoms with Crippen molar-refractivity contribution in [1.29, 1.82) is 15.8 Å². The third kappa shape index (κ3) is 4.38. The van der Waals surface area contributed by atoms with Crippen LogP contribution in [0.3, 0.4) is 0 Å². The SMILES string of the molecule is N#Cc1ccc2c(c1)c1ccccc1n2-c1ccc(-c2cccc(-c3ccccc3-n3c4ccccc4c4cc(C#N)ccc43)c2)cc1C#N. The van der Waals surface area contributed by atoms with E-state index in [-0.39, 0.29) is 0 Å². The van der Waals surface area contributed by atoms with Crippen molar-refractivity contribution in [2.75, 3.05) is 0 Å². The first-order valence-corrected chi connectivity index (χ1v) is 16.3. The normalized spacial score (nSPS) is 11.1. The fraction of sp³-hybridized carbons (Fsp3) is 0. The summed E-state index contributed by atoms with van der Waals surface area (Å²) in [6.07, 6.45) is 0. The van der Waals surface area contributed by atoms with Crippen LogP contribution in [0.15, 0.2) is 152 Å². The molecule has 230 valence electrons. The van der Waals surface area contributed by atoms with Gasteiger partial charge in [-0.2, -0.15) is 15.8 Å². The molecular weight excluding hydrogens is 611 g/mol. The lowest BCUT2D eigenvalue weighted by Crippen LogP contribution is -1.98. The summed E-state index contributed by atoms with van der Waals surface area (Å²) in [7, 11) is 0. The molecule has 2 aromatic heterocycles. The van der Waals surface area contributed by atoms with E-state index in [1.807, 2.05) is 72.8 Å². The highest BCUT2D eigenvalue weighted by atomic mass is 15.0. The van der Waals surface area contributed by atoms with E-state index in [9.17, 15) is 15.8 Å². The minimum absolute atomic E-state index is 0.558. The first-order chi connectivity index (χ1) is 24.7. The number of rotatable bonds is 4. The maximum Gasteiger partial charge on any atom is 0.101 e. The molecule has 0 saturated carbocycles. The van der Waals surface area contributed by atoms with Crippen molar-refractivity contribution in [3.8, 4) is 51.8 Å². The first kappa shape index (κ1) is 28.8. The molecule has 0 N–H and O–H groups in total. The molecule has 0 aliphatic carbocycles. The van der Waals surface area contributed by atoms with E-state index < -0.39 is 0 Å². The molecule has 0 unspecified atom stereocenters. The Morgan fingerprint density at radius 1 is 0.360 bits per heavy atom. The largest absolute Gasteiger partial charge is 0.309 e. The summed E-state index contributed by atoms with van der Waals surface area (Å²) in [5.74, 6) is 0. The van der Waals surface area contributed by atoms with Crippen molar-refractivity contribution in [1.82, 2.24) is 9.13 Å². The van der Waals surface area contributed by atoms with Crippen LogP contribution in [-0.2, 0) is 0 Å². The molecule has 50 heavy (non-hydrogen) atoms. The van der Waals surface area contributed by atoms with E-state index in [4.69, 9.17) is 0 Å². The molecule has 0 spiro atoms. The first-order valence-electron chi connectivity index (χ1n) is 16.3. The third-order valence-corrected chi connectivity index (χ3v) is 9.61. The van der Waals surface area contributed by atoms with Gasteiger partial charge in [-0.25, -0.2) is 0 Å². The number of hydrogen-bond donors (Lipinski definition) is 0. The predicted molar refractivity (Wildman–Crippen MR) is 200 cm³/mol. The van der Waals surface area contributed by atoms with Gasteiger partial charge in [-0.1, -0.05) is 78.9 Å². The molecule has 9 aromatic rings. The van der Waals surface area contributed by atoms with Gasteiger partial charge >= 0.3 is 0 Å². The molecule has 7 aromatic carbocycles. The molecule has 0 bridgehead atoms. The monoisotopic (exact) mass is 635 g/mol. The molecule has 9 rings (SSSR count). The fourth-order valence-corrected chi connectivity index (χ4v) is 7.38. The summed E-state index contributed by atoms with van der Waals surface area (Å²) < 4.78 is 4.40. The van der Waals surface area contributed by atoms with E-state index in [1.54, 1.807) is 0 Å². The fourth-order valence-electron chi connectivity index (χ4n) is 7.38. The molecule has 5 heteroatoms. The number of hydrogen-bond acceptors (Lipinski definition) is 3. The second-order valence-electron chi connectivity index (χ2n) is 12.3. The predicted octanol–water partition coefficient (Wildman–Crippen LogP) is 10.8. The smallest absolute Gasteiger partial charge is 0.101 e. The van der Waals surface area contributed by atoms with Crippen molar-refractivity contribution in [2.24, 2.45) is 0 Å². The molecule has 0 atom stereocenters. The Labute approximate surface area is 287 Å². The lowest BCUT2D eigenvalue weighted by molar-refractivity contribution is 1.17. The van der Waals surface area contributed by atoms with Gasteiger partial charge in [0.15, 0.2) is 0 Å². The van der Waals surface area contributed by atoms with Crippen LogP contribution in [0.4, 0.5) is 0 Å². The average Bonchev–Trinajstić information content (AvgIpc) is 3.69. The Balaban J connectivity index is 1.18. The van der Waals surface area contributed by atoms with Gasteiger partial charge in [-0.05, 0) is 89.5 Å². The summed E-state index contributed by atoms with van der Waals surface area (Å²) in [4.78, 5) is 0. The van der Waals surface area contributed by atoms with E-state index in [1.165, 1.54) is 0 Å². The van der Waals surface area contributed by atoms with Crippen LogP contribution in [0.5, 0.6) is 0 Å². The van der Waals surface area contributed by atoms with Crippen LogP contribution < -0.4 is 0 Å². The van der Waals surface area contributed by atoms with Crippen LogP contribution in [0.1, 0.15) is 16.7 Å². The van der Waals surface area contributed by atoms with Crippen LogP contribution in [0, 0.1) is 34.0 Å². The summed E-state index contributed by atoms with van der Waals surface area (Å²) in [5, 5.41) is 33.8. The molecule has 0 saturated heterocycles. The highest BCUT2D eigenvalue weighted by Gasteiger charge is 2.18. The molecule has 0 radical (unpaired) electrons. The van der Waals surface area contributed by atoms with Crippen molar-refractivity contribution in [2.45, 2.75) is 0 Å². The molecule has 0 amide bonds. The molecule has 2 heterocycles. The highest BCUT2D eigenvalue weighted by molar-refractivity contribution is 6.11. The molecule has 0 fully saturated rings. The second kappa shape index (κ2) is 11.4. The van der Waals surface area contributed by atoms with Gasteiger partial charge in [-0.3, -0.25) is 0 Å². The number of benzene rings is 7. The van der Waals surface area contributed by atoms with Gasteiger partial charge in [-0.15, -0.1) is 0 Å². The minimum Gasteiger partial charge on any atom is -0.309 e. The summed E-state index contributed by atoms with van der Waals surface area (Å²) in [5.41, 5.74) is 11.7. The Morgan fingerprint density at radius 3 is 1.54 bits per heavy atom. The maximum atomic E-state index is 10.5. The summed E-state index contributed by atoms with van der Waals surface area (Å²) in [6.45, 7) is 0. The summed E-state index contributed by atoms with van der Waals surface area (Å²) >= 11 is 0. The zero-order chi connectivity index (χ0) is 33.8. The van der Waals surface area contributed by atoms with Gasteiger partial charge in [0.25, 0.3) is 0 Å². The number of nitrogens with zero attached hydrogens (tertiary/aromatic N) is 5. The zero-order valence-electron chi connectivity index (χ0n) is 26.7. The lowest BCUT2D eigenvalue weighted by Gasteiger charge is -2.15. The Hall–Kier alpha value is -7.39. The van der Waals surface area contributed by atoms with Gasteiger partial charge in [0.05, 0.1) is 62.3 Å². The van der Waals surface area contributed by atoms with Crippen LogP contribution in [0.2, 0.25) is 0 Å². The van der Waals surface area contributed by atoms with E-state index in [2.05, 4.69) is 106 Å². The van der Waals surface area contributed by atoms with E-state index in [0.717, 1.165) is 77.2 Å².